The van der Waals surface area contributed by atoms with Crippen LogP contribution in [0.3, 0.4) is 0 Å². The molecule has 2 rings (SSSR count). The number of non-ortho nitro benzene ring substituents is 1. The number of amides is 1. The van der Waals surface area contributed by atoms with Gasteiger partial charge in [-0.2, -0.15) is 0 Å². The van der Waals surface area contributed by atoms with Crippen molar-refractivity contribution >= 4 is 34.6 Å². The minimum absolute atomic E-state index is 0.125. The van der Waals surface area contributed by atoms with E-state index in [0.29, 0.717) is 5.56 Å². The van der Waals surface area contributed by atoms with Crippen molar-refractivity contribution in [1.29, 1.82) is 0 Å². The molecule has 0 fully saturated rings. The third-order valence-electron chi connectivity index (χ3n) is 3.26. The summed E-state index contributed by atoms with van der Waals surface area (Å²) in [4.78, 5) is 36.0. The van der Waals surface area contributed by atoms with Crippen molar-refractivity contribution in [2.45, 2.75) is 13.8 Å². The van der Waals surface area contributed by atoms with E-state index in [1.54, 1.807) is 13.0 Å². The number of nitrogens with one attached hydrogen (secondary N) is 1. The van der Waals surface area contributed by atoms with Gasteiger partial charge in [0.25, 0.3) is 11.6 Å². The van der Waals surface area contributed by atoms with Crippen molar-refractivity contribution < 1.29 is 24.0 Å². The van der Waals surface area contributed by atoms with Crippen LogP contribution in [0.15, 0.2) is 24.3 Å². The minimum atomic E-state index is -0.628. The van der Waals surface area contributed by atoms with E-state index in [2.05, 4.69) is 5.32 Å². The largest absolute Gasteiger partial charge is 0.495 e. The highest BCUT2D eigenvalue weighted by atomic mass is 32.1. The fourth-order valence-electron chi connectivity index (χ4n) is 2.14. The van der Waals surface area contributed by atoms with Gasteiger partial charge in [-0.25, -0.2) is 4.79 Å². The number of carbonyl (C=O) groups excluding carboxylic acids is 2. The second kappa shape index (κ2) is 7.75. The Morgan fingerprint density at radius 1 is 1.28 bits per heavy atom. The topological polar surface area (TPSA) is 108 Å². The Balaban J connectivity index is 2.02. The molecule has 132 valence electrons. The third-order valence-corrected chi connectivity index (χ3v) is 4.23. The molecule has 0 saturated heterocycles. The van der Waals surface area contributed by atoms with Gasteiger partial charge in [-0.15, -0.1) is 11.3 Å². The fraction of sp³-hybridized carbons (Fsp3) is 0.250. The van der Waals surface area contributed by atoms with Crippen LogP contribution in [0, 0.1) is 24.0 Å². The SMILES string of the molecule is COc1ccc([N+](=O)[O-])cc1NC(=O)COC(=O)c1cc(C)sc1C. The molecule has 1 aromatic heterocycles. The van der Waals surface area contributed by atoms with Crippen LogP contribution in [0.25, 0.3) is 0 Å². The van der Waals surface area contributed by atoms with Gasteiger partial charge in [0.1, 0.15) is 5.75 Å². The lowest BCUT2D eigenvalue weighted by atomic mass is 10.2. The van der Waals surface area contributed by atoms with Crippen LogP contribution in [0.1, 0.15) is 20.1 Å². The summed E-state index contributed by atoms with van der Waals surface area (Å²) in [5.41, 5.74) is 0.348. The van der Waals surface area contributed by atoms with Crippen molar-refractivity contribution in [1.82, 2.24) is 0 Å². The van der Waals surface area contributed by atoms with Crippen LogP contribution in [0.2, 0.25) is 0 Å². The van der Waals surface area contributed by atoms with Crippen LogP contribution in [-0.2, 0) is 9.53 Å². The predicted molar refractivity (Wildman–Crippen MR) is 92.4 cm³/mol. The molecule has 1 heterocycles. The van der Waals surface area contributed by atoms with E-state index in [-0.39, 0.29) is 17.1 Å². The Morgan fingerprint density at radius 3 is 2.56 bits per heavy atom. The second-order valence-electron chi connectivity index (χ2n) is 5.09. The number of anilines is 1. The summed E-state index contributed by atoms with van der Waals surface area (Å²) in [6.45, 7) is 3.15. The molecular weight excluding hydrogens is 348 g/mol. The lowest BCUT2D eigenvalue weighted by molar-refractivity contribution is -0.384. The average Bonchev–Trinajstić information content (AvgIpc) is 2.91. The number of nitro benzene ring substituents is 1. The van der Waals surface area contributed by atoms with E-state index in [1.807, 2.05) is 6.92 Å². The lowest BCUT2D eigenvalue weighted by Gasteiger charge is -2.10. The van der Waals surface area contributed by atoms with Crippen LogP contribution >= 0.6 is 11.3 Å². The lowest BCUT2D eigenvalue weighted by Crippen LogP contribution is -2.21. The predicted octanol–water partition coefficient (Wildman–Crippen LogP) is 3.08. The molecule has 0 bridgehead atoms. The molecule has 0 aliphatic heterocycles. The maximum absolute atomic E-state index is 12.0. The number of nitrogens with zero attached hydrogens (tertiary/aromatic N) is 1. The van der Waals surface area contributed by atoms with E-state index in [4.69, 9.17) is 9.47 Å². The fourth-order valence-corrected chi connectivity index (χ4v) is 3.05. The van der Waals surface area contributed by atoms with Crippen molar-refractivity contribution in [2.24, 2.45) is 0 Å². The molecule has 2 aromatic rings. The zero-order chi connectivity index (χ0) is 18.6. The van der Waals surface area contributed by atoms with E-state index in [1.165, 1.54) is 36.6 Å². The first-order valence-electron chi connectivity index (χ1n) is 7.18. The van der Waals surface area contributed by atoms with Crippen molar-refractivity contribution in [3.05, 3.63) is 49.7 Å². The standard InChI is InChI=1S/C16H16N2O6S/c1-9-6-12(10(2)25-9)16(20)24-8-15(19)17-13-7-11(18(21)22)4-5-14(13)23-3/h4-7H,8H2,1-3H3,(H,17,19). The van der Waals surface area contributed by atoms with Crippen molar-refractivity contribution in [2.75, 3.05) is 19.0 Å². The molecule has 8 nitrogen and oxygen atoms in total. The van der Waals surface area contributed by atoms with Gasteiger partial charge in [0.15, 0.2) is 6.61 Å². The highest BCUT2D eigenvalue weighted by Gasteiger charge is 2.17. The van der Waals surface area contributed by atoms with E-state index in [0.717, 1.165) is 9.75 Å². The third kappa shape index (κ3) is 4.54. The highest BCUT2D eigenvalue weighted by molar-refractivity contribution is 7.12. The number of nitro groups is 1. The van der Waals surface area contributed by atoms with Gasteiger partial charge in [-0.05, 0) is 26.0 Å². The molecule has 1 amide bonds. The maximum atomic E-state index is 12.0. The molecular formula is C16H16N2O6S. The highest BCUT2D eigenvalue weighted by Crippen LogP contribution is 2.28. The Kier molecular flexibility index (Phi) is 5.71. The monoisotopic (exact) mass is 364 g/mol. The molecule has 9 heteroatoms. The Labute approximate surface area is 147 Å². The number of hydrogen-bond acceptors (Lipinski definition) is 7. The summed E-state index contributed by atoms with van der Waals surface area (Å²) in [7, 11) is 1.37. The zero-order valence-corrected chi connectivity index (χ0v) is 14.6. The Morgan fingerprint density at radius 2 is 2.00 bits per heavy atom. The number of hydrogen-bond donors (Lipinski definition) is 1. The van der Waals surface area contributed by atoms with Crippen molar-refractivity contribution in [3.63, 3.8) is 0 Å². The molecule has 0 unspecified atom stereocenters. The summed E-state index contributed by atoms with van der Waals surface area (Å²) in [6, 6.07) is 5.50. The molecule has 0 aliphatic carbocycles. The number of ether oxygens (including phenoxy) is 2. The number of thiophene rings is 1. The quantitative estimate of drug-likeness (QED) is 0.479. The first kappa shape index (κ1) is 18.4. The van der Waals surface area contributed by atoms with Gasteiger partial charge >= 0.3 is 5.97 Å². The molecule has 0 aliphatic rings. The summed E-state index contributed by atoms with van der Waals surface area (Å²) >= 11 is 1.46. The van der Waals surface area contributed by atoms with Gasteiger partial charge in [-0.3, -0.25) is 14.9 Å². The first-order chi connectivity index (χ1) is 11.8. The van der Waals surface area contributed by atoms with E-state index < -0.39 is 23.4 Å². The average molecular weight is 364 g/mol. The van der Waals surface area contributed by atoms with Gasteiger partial charge < -0.3 is 14.8 Å². The molecule has 1 aromatic carbocycles. The van der Waals surface area contributed by atoms with E-state index in [9.17, 15) is 19.7 Å². The Bertz CT molecular complexity index is 830. The van der Waals surface area contributed by atoms with Gasteiger partial charge in [0, 0.05) is 21.9 Å². The minimum Gasteiger partial charge on any atom is -0.495 e. The zero-order valence-electron chi connectivity index (χ0n) is 13.8. The molecule has 1 N–H and O–H groups in total. The molecule has 25 heavy (non-hydrogen) atoms. The summed E-state index contributed by atoms with van der Waals surface area (Å²) in [6.07, 6.45) is 0. The smallest absolute Gasteiger partial charge is 0.339 e. The van der Waals surface area contributed by atoms with Crippen LogP contribution in [-0.4, -0.2) is 30.5 Å². The molecule has 0 spiro atoms. The van der Waals surface area contributed by atoms with Crippen LogP contribution in [0.4, 0.5) is 11.4 Å². The number of benzene rings is 1. The number of rotatable bonds is 6. The Hall–Kier alpha value is -2.94. The summed E-state index contributed by atoms with van der Waals surface area (Å²) in [5, 5.41) is 13.3. The van der Waals surface area contributed by atoms with E-state index >= 15 is 0 Å². The maximum Gasteiger partial charge on any atom is 0.339 e. The van der Waals surface area contributed by atoms with Gasteiger partial charge in [0.2, 0.25) is 0 Å². The summed E-state index contributed by atoms with van der Waals surface area (Å²) in [5.74, 6) is -0.964. The molecule has 0 atom stereocenters. The normalized spacial score (nSPS) is 10.2. The van der Waals surface area contributed by atoms with Gasteiger partial charge in [-0.1, -0.05) is 0 Å². The number of esters is 1. The van der Waals surface area contributed by atoms with Crippen LogP contribution in [0.5, 0.6) is 5.75 Å². The molecule has 0 radical (unpaired) electrons. The molecule has 0 saturated carbocycles. The number of carbonyl (C=O) groups is 2. The van der Waals surface area contributed by atoms with Gasteiger partial charge in [0.05, 0.1) is 23.3 Å². The first-order valence-corrected chi connectivity index (χ1v) is 8.00. The van der Waals surface area contributed by atoms with Crippen molar-refractivity contribution in [3.8, 4) is 5.75 Å². The summed E-state index contributed by atoms with van der Waals surface area (Å²) < 4.78 is 10.0. The number of methoxy groups -OCH3 is 1. The van der Waals surface area contributed by atoms with Crippen LogP contribution < -0.4 is 10.1 Å². The number of aryl methyl sites for hydroxylation is 2. The second-order valence-corrected chi connectivity index (χ2v) is 6.55.